The fraction of sp³-hybridized carbons (Fsp3) is 0.667. The molecule has 1 aromatic rings. The molecule has 9 heteroatoms. The molecule has 2 heterocycles. The molecule has 0 bridgehead atoms. The highest BCUT2D eigenvalue weighted by atomic mass is 28.4. The van der Waals surface area contributed by atoms with Gasteiger partial charge in [0.15, 0.2) is 8.32 Å². The van der Waals surface area contributed by atoms with Crippen LogP contribution in [0.25, 0.3) is 0 Å². The van der Waals surface area contributed by atoms with Crippen LogP contribution >= 0.6 is 0 Å². The number of nitrogens with zero attached hydrogens (tertiary/aromatic N) is 2. The summed E-state index contributed by atoms with van der Waals surface area (Å²) in [4.78, 5) is 25.8. The molecule has 1 aromatic heterocycles. The van der Waals surface area contributed by atoms with Crippen LogP contribution in [-0.4, -0.2) is 41.3 Å². The third-order valence-electron chi connectivity index (χ3n) is 4.09. The van der Waals surface area contributed by atoms with Gasteiger partial charge in [-0.25, -0.2) is 4.79 Å². The van der Waals surface area contributed by atoms with Gasteiger partial charge >= 0.3 is 5.69 Å². The van der Waals surface area contributed by atoms with Gasteiger partial charge in [-0.3, -0.25) is 14.3 Å². The molecule has 1 saturated heterocycles. The second kappa shape index (κ2) is 6.29. The van der Waals surface area contributed by atoms with Crippen LogP contribution in [0.15, 0.2) is 15.8 Å². The Morgan fingerprint density at radius 3 is 2.67 bits per heavy atom. The molecule has 0 amide bonds. The van der Waals surface area contributed by atoms with E-state index in [2.05, 4.69) is 4.98 Å². The fourth-order valence-electron chi connectivity index (χ4n) is 2.63. The molecule has 1 fully saturated rings. The normalized spacial score (nSPS) is 30.3. The molecule has 2 rings (SSSR count). The molecular weight excluding hydrogens is 330 g/mol. The van der Waals surface area contributed by atoms with E-state index in [9.17, 15) is 20.0 Å². The van der Waals surface area contributed by atoms with Crippen LogP contribution in [0.3, 0.4) is 0 Å². The van der Waals surface area contributed by atoms with Crippen molar-refractivity contribution in [3.05, 3.63) is 32.6 Å². The highest BCUT2D eigenvalue weighted by Gasteiger charge is 2.55. The summed E-state index contributed by atoms with van der Waals surface area (Å²) in [7, 11) is -1.93. The monoisotopic (exact) mass is 353 g/mol. The van der Waals surface area contributed by atoms with Crippen molar-refractivity contribution in [1.82, 2.24) is 9.55 Å². The Morgan fingerprint density at radius 1 is 1.50 bits per heavy atom. The first-order valence-corrected chi connectivity index (χ1v) is 11.1. The number of aryl methyl sites for hydroxylation is 1. The zero-order valence-electron chi connectivity index (χ0n) is 14.5. The second-order valence-corrected chi connectivity index (χ2v) is 11.7. The van der Waals surface area contributed by atoms with Crippen LogP contribution in [0.2, 0.25) is 19.6 Å². The average molecular weight is 353 g/mol. The molecular formula is C15H23N3O5Si. The maximum Gasteiger partial charge on any atom is 0.330 e. The van der Waals surface area contributed by atoms with Gasteiger partial charge in [-0.2, -0.15) is 5.26 Å². The molecule has 4 unspecified atom stereocenters. The van der Waals surface area contributed by atoms with Crippen LogP contribution in [0.5, 0.6) is 0 Å². The molecule has 0 aromatic carbocycles. The van der Waals surface area contributed by atoms with E-state index in [1.165, 1.54) is 10.8 Å². The number of rotatable bonds is 4. The summed E-state index contributed by atoms with van der Waals surface area (Å²) in [6, 6.07) is 2.01. The number of aromatic nitrogens is 2. The van der Waals surface area contributed by atoms with Gasteiger partial charge in [-0.05, 0) is 26.6 Å². The first-order chi connectivity index (χ1) is 11.0. The van der Waals surface area contributed by atoms with E-state index in [0.29, 0.717) is 5.56 Å². The van der Waals surface area contributed by atoms with Gasteiger partial charge in [0.25, 0.3) is 5.56 Å². The van der Waals surface area contributed by atoms with Crippen LogP contribution < -0.4 is 11.2 Å². The summed E-state index contributed by atoms with van der Waals surface area (Å²) in [6.45, 7) is 9.09. The molecule has 8 nitrogen and oxygen atoms in total. The fourth-order valence-corrected chi connectivity index (χ4v) is 3.27. The SMILES string of the molecule is Cc1cn(C2OC(C#N)(CO[Si](C)(C)C)C(O)C2C)c(=O)[nH]c1=O. The van der Waals surface area contributed by atoms with E-state index in [0.717, 1.165) is 0 Å². The molecule has 132 valence electrons. The molecule has 0 aliphatic carbocycles. The smallest absolute Gasteiger partial charge is 0.330 e. The third-order valence-corrected chi connectivity index (χ3v) is 5.10. The lowest BCUT2D eigenvalue weighted by Crippen LogP contribution is -2.46. The topological polar surface area (TPSA) is 117 Å². The predicted octanol–water partition coefficient (Wildman–Crippen LogP) is 0.485. The van der Waals surface area contributed by atoms with Gasteiger partial charge in [0.05, 0.1) is 6.61 Å². The quantitative estimate of drug-likeness (QED) is 0.761. The van der Waals surface area contributed by atoms with E-state index in [1.807, 2.05) is 25.7 Å². The van der Waals surface area contributed by atoms with E-state index >= 15 is 0 Å². The number of aliphatic hydroxyl groups excluding tert-OH is 1. The molecule has 1 aliphatic rings. The minimum Gasteiger partial charge on any atom is -0.413 e. The van der Waals surface area contributed by atoms with E-state index in [4.69, 9.17) is 9.16 Å². The van der Waals surface area contributed by atoms with Gasteiger partial charge in [0.2, 0.25) is 5.60 Å². The summed E-state index contributed by atoms with van der Waals surface area (Å²) in [5.74, 6) is -0.530. The zero-order chi connectivity index (χ0) is 18.3. The number of aromatic amines is 1. The average Bonchev–Trinajstić information content (AvgIpc) is 2.74. The zero-order valence-corrected chi connectivity index (χ0v) is 15.5. The lowest BCUT2D eigenvalue weighted by molar-refractivity contribution is -0.0897. The van der Waals surface area contributed by atoms with Crippen molar-refractivity contribution in [3.8, 4) is 6.07 Å². The standard InChI is InChI=1S/C15H23N3O5Si/c1-9-6-18(14(21)17-12(9)20)13-10(2)11(19)15(7-16,23-13)8-22-24(3,4)5/h6,10-11,13,19H,8H2,1-5H3,(H,17,20,21). The van der Waals surface area contributed by atoms with Gasteiger partial charge in [0, 0.05) is 17.7 Å². The number of ether oxygens (including phenoxy) is 1. The van der Waals surface area contributed by atoms with Crippen molar-refractivity contribution in [1.29, 1.82) is 5.26 Å². The van der Waals surface area contributed by atoms with E-state index < -0.39 is 43.4 Å². The van der Waals surface area contributed by atoms with Crippen LogP contribution in [0.1, 0.15) is 18.7 Å². The van der Waals surface area contributed by atoms with Crippen LogP contribution in [0.4, 0.5) is 0 Å². The molecule has 24 heavy (non-hydrogen) atoms. The summed E-state index contributed by atoms with van der Waals surface area (Å²) in [5.41, 5.74) is -2.33. The maximum absolute atomic E-state index is 12.1. The first-order valence-electron chi connectivity index (χ1n) is 7.74. The molecule has 4 atom stereocenters. The van der Waals surface area contributed by atoms with Crippen molar-refractivity contribution in [2.45, 2.75) is 51.4 Å². The van der Waals surface area contributed by atoms with Crippen molar-refractivity contribution in [2.75, 3.05) is 6.61 Å². The van der Waals surface area contributed by atoms with Gasteiger partial charge in [-0.15, -0.1) is 0 Å². The number of nitriles is 1. The second-order valence-electron chi connectivity index (χ2n) is 7.19. The minimum atomic E-state index is -1.93. The molecule has 0 radical (unpaired) electrons. The molecule has 0 saturated carbocycles. The van der Waals surface area contributed by atoms with Gasteiger partial charge < -0.3 is 14.3 Å². The Labute approximate surface area is 140 Å². The number of hydrogen-bond donors (Lipinski definition) is 2. The minimum absolute atomic E-state index is 0.0711. The highest BCUT2D eigenvalue weighted by molar-refractivity contribution is 6.69. The number of nitrogens with one attached hydrogen (secondary N) is 1. The number of hydrogen-bond acceptors (Lipinski definition) is 6. The third kappa shape index (κ3) is 3.37. The van der Waals surface area contributed by atoms with Gasteiger partial charge in [-0.1, -0.05) is 6.92 Å². The van der Waals surface area contributed by atoms with E-state index in [1.54, 1.807) is 13.8 Å². The lowest BCUT2D eigenvalue weighted by Gasteiger charge is -2.28. The van der Waals surface area contributed by atoms with Crippen molar-refractivity contribution < 1.29 is 14.3 Å². The van der Waals surface area contributed by atoms with Crippen molar-refractivity contribution >= 4 is 8.32 Å². The summed E-state index contributed by atoms with van der Waals surface area (Å²) in [6.07, 6.45) is -0.613. The predicted molar refractivity (Wildman–Crippen MR) is 89.0 cm³/mol. The lowest BCUT2D eigenvalue weighted by atomic mass is 9.92. The number of H-pyrrole nitrogens is 1. The van der Waals surface area contributed by atoms with Crippen LogP contribution in [-0.2, 0) is 9.16 Å². The summed E-state index contributed by atoms with van der Waals surface area (Å²) < 4.78 is 12.8. The first kappa shape index (κ1) is 18.6. The number of aliphatic hydroxyl groups is 1. The van der Waals surface area contributed by atoms with Crippen LogP contribution in [0, 0.1) is 24.2 Å². The summed E-state index contributed by atoms with van der Waals surface area (Å²) >= 11 is 0. The molecule has 2 N–H and O–H groups in total. The highest BCUT2D eigenvalue weighted by Crippen LogP contribution is 2.41. The Morgan fingerprint density at radius 2 is 2.12 bits per heavy atom. The Bertz CT molecular complexity index is 775. The molecule has 1 aliphatic heterocycles. The van der Waals surface area contributed by atoms with E-state index in [-0.39, 0.29) is 6.61 Å². The Kier molecular flexibility index (Phi) is 4.88. The Hall–Kier alpha value is -1.73. The van der Waals surface area contributed by atoms with Crippen molar-refractivity contribution in [2.24, 2.45) is 5.92 Å². The largest absolute Gasteiger partial charge is 0.413 e. The Balaban J connectivity index is 2.39. The molecule has 0 spiro atoms. The summed E-state index contributed by atoms with van der Waals surface area (Å²) in [5, 5.41) is 20.1. The maximum atomic E-state index is 12.1. The van der Waals surface area contributed by atoms with Crippen molar-refractivity contribution in [3.63, 3.8) is 0 Å². The van der Waals surface area contributed by atoms with Gasteiger partial charge in [0.1, 0.15) is 18.4 Å².